The minimum atomic E-state index is 0.0202. The second-order valence-electron chi connectivity index (χ2n) is 7.04. The van der Waals surface area contributed by atoms with Crippen molar-refractivity contribution in [2.24, 2.45) is 0 Å². The summed E-state index contributed by atoms with van der Waals surface area (Å²) in [4.78, 5) is 23.4. The van der Waals surface area contributed by atoms with Crippen LogP contribution in [0.25, 0.3) is 10.2 Å². The van der Waals surface area contributed by atoms with E-state index in [1.165, 1.54) is 11.1 Å². The van der Waals surface area contributed by atoms with Gasteiger partial charge in [-0.05, 0) is 63.0 Å². The second-order valence-corrected chi connectivity index (χ2v) is 9.35. The molecule has 0 aliphatic carbocycles. The van der Waals surface area contributed by atoms with Crippen molar-refractivity contribution in [2.45, 2.75) is 25.7 Å². The van der Waals surface area contributed by atoms with Gasteiger partial charge in [0.15, 0.2) is 5.13 Å². The van der Waals surface area contributed by atoms with Gasteiger partial charge in [0.25, 0.3) is 5.91 Å². The minimum Gasteiger partial charge on any atom is -0.308 e. The van der Waals surface area contributed by atoms with E-state index in [2.05, 4.69) is 37.8 Å². The maximum absolute atomic E-state index is 13.5. The summed E-state index contributed by atoms with van der Waals surface area (Å²) < 4.78 is 1.12. The summed E-state index contributed by atoms with van der Waals surface area (Å²) in [6, 6.07) is 12.1. The maximum atomic E-state index is 13.5. The fourth-order valence-corrected chi connectivity index (χ4v) is 4.83. The molecule has 0 aliphatic heterocycles. The Labute approximate surface area is 175 Å². The molecule has 0 saturated heterocycles. The normalized spacial score (nSPS) is 11.4. The van der Waals surface area contributed by atoms with Gasteiger partial charge in [-0.3, -0.25) is 9.69 Å². The number of carbonyl (C=O) groups excluding carboxylic acids is 1. The van der Waals surface area contributed by atoms with Crippen LogP contribution in [-0.4, -0.2) is 48.7 Å². The molecule has 0 radical (unpaired) electrons. The highest BCUT2D eigenvalue weighted by atomic mass is 32.2. The van der Waals surface area contributed by atoms with Crippen LogP contribution in [0.1, 0.15) is 28.4 Å². The Bertz CT molecular complexity index is 981. The summed E-state index contributed by atoms with van der Waals surface area (Å²) in [6.07, 6.45) is 0. The Morgan fingerprint density at radius 3 is 2.57 bits per heavy atom. The van der Waals surface area contributed by atoms with Gasteiger partial charge in [0.1, 0.15) is 0 Å². The van der Waals surface area contributed by atoms with Crippen molar-refractivity contribution in [3.05, 3.63) is 53.1 Å². The summed E-state index contributed by atoms with van der Waals surface area (Å²) >= 11 is 3.29. The Morgan fingerprint density at radius 2 is 1.86 bits per heavy atom. The van der Waals surface area contributed by atoms with E-state index in [0.717, 1.165) is 38.1 Å². The van der Waals surface area contributed by atoms with Gasteiger partial charge in [0, 0.05) is 18.0 Å². The monoisotopic (exact) mass is 413 g/mol. The van der Waals surface area contributed by atoms with E-state index in [1.54, 1.807) is 23.1 Å². The van der Waals surface area contributed by atoms with E-state index in [1.807, 2.05) is 43.3 Å². The molecule has 3 aromatic rings. The van der Waals surface area contributed by atoms with Gasteiger partial charge in [-0.1, -0.05) is 36.5 Å². The fourth-order valence-electron chi connectivity index (χ4n) is 2.98. The number of hydrogen-bond acceptors (Lipinski definition) is 5. The molecule has 0 N–H and O–H groups in total. The molecule has 0 aliphatic rings. The quantitative estimate of drug-likeness (QED) is 0.497. The smallest absolute Gasteiger partial charge is 0.261 e. The summed E-state index contributed by atoms with van der Waals surface area (Å²) in [5.41, 5.74) is 4.15. The zero-order valence-electron chi connectivity index (χ0n) is 17.2. The number of thioether (sulfide) groups is 1. The molecule has 0 atom stereocenters. The molecule has 28 heavy (non-hydrogen) atoms. The van der Waals surface area contributed by atoms with Crippen molar-refractivity contribution in [1.82, 2.24) is 9.88 Å². The van der Waals surface area contributed by atoms with Gasteiger partial charge in [-0.15, -0.1) is 11.8 Å². The molecule has 0 spiro atoms. The number of aromatic nitrogens is 1. The predicted octanol–water partition coefficient (Wildman–Crippen LogP) is 5.23. The van der Waals surface area contributed by atoms with Crippen molar-refractivity contribution in [2.75, 3.05) is 37.8 Å². The topological polar surface area (TPSA) is 36.4 Å². The van der Waals surface area contributed by atoms with Crippen molar-refractivity contribution in [1.29, 1.82) is 0 Å². The number of fused-ring (bicyclic) bond motifs is 1. The highest BCUT2D eigenvalue weighted by Crippen LogP contribution is 2.33. The van der Waals surface area contributed by atoms with E-state index in [4.69, 9.17) is 4.98 Å². The SMILES string of the molecule is CCSc1ccccc1C(=O)N(CCN(C)C)c1nc2c(C)c(C)ccc2s1. The number of rotatable bonds is 7. The van der Waals surface area contributed by atoms with E-state index in [9.17, 15) is 4.79 Å². The van der Waals surface area contributed by atoms with Gasteiger partial charge in [-0.25, -0.2) is 4.98 Å². The first kappa shape index (κ1) is 20.8. The molecule has 0 saturated carbocycles. The van der Waals surface area contributed by atoms with E-state index < -0.39 is 0 Å². The molecule has 6 heteroatoms. The Kier molecular flexibility index (Phi) is 6.75. The van der Waals surface area contributed by atoms with Gasteiger partial charge < -0.3 is 4.90 Å². The third kappa shape index (κ3) is 4.40. The lowest BCUT2D eigenvalue weighted by Gasteiger charge is -2.23. The average molecular weight is 414 g/mol. The number of aryl methyl sites for hydroxylation is 2. The van der Waals surface area contributed by atoms with Crippen molar-refractivity contribution in [3.8, 4) is 0 Å². The Hall–Kier alpha value is -1.89. The summed E-state index contributed by atoms with van der Waals surface area (Å²) in [6.45, 7) is 7.69. The molecule has 148 valence electrons. The van der Waals surface area contributed by atoms with Crippen LogP contribution in [-0.2, 0) is 0 Å². The molecule has 2 aromatic carbocycles. The minimum absolute atomic E-state index is 0.0202. The van der Waals surface area contributed by atoms with Crippen LogP contribution in [0, 0.1) is 13.8 Å². The van der Waals surface area contributed by atoms with Gasteiger partial charge in [0.05, 0.1) is 15.8 Å². The average Bonchev–Trinajstić information content (AvgIpc) is 3.10. The van der Waals surface area contributed by atoms with Crippen LogP contribution in [0.15, 0.2) is 41.3 Å². The molecule has 0 unspecified atom stereocenters. The third-order valence-electron chi connectivity index (χ3n) is 4.74. The predicted molar refractivity (Wildman–Crippen MR) is 122 cm³/mol. The second kappa shape index (κ2) is 9.07. The van der Waals surface area contributed by atoms with Gasteiger partial charge in [0.2, 0.25) is 0 Å². The molecular weight excluding hydrogens is 386 g/mol. The van der Waals surface area contributed by atoms with E-state index in [0.29, 0.717) is 6.54 Å². The highest BCUT2D eigenvalue weighted by Gasteiger charge is 2.24. The Morgan fingerprint density at radius 1 is 1.11 bits per heavy atom. The first-order valence-corrected chi connectivity index (χ1v) is 11.3. The molecule has 1 aromatic heterocycles. The van der Waals surface area contributed by atoms with Crippen LogP contribution < -0.4 is 4.90 Å². The van der Waals surface area contributed by atoms with E-state index in [-0.39, 0.29) is 5.91 Å². The first-order valence-electron chi connectivity index (χ1n) is 9.47. The largest absolute Gasteiger partial charge is 0.308 e. The maximum Gasteiger partial charge on any atom is 0.261 e. The number of likely N-dealkylation sites (N-methyl/N-ethyl adjacent to an activating group) is 1. The zero-order valence-corrected chi connectivity index (χ0v) is 18.8. The highest BCUT2D eigenvalue weighted by molar-refractivity contribution is 7.99. The van der Waals surface area contributed by atoms with Crippen LogP contribution in [0.5, 0.6) is 0 Å². The molecular formula is C22H27N3OS2. The van der Waals surface area contributed by atoms with Crippen LogP contribution in [0.3, 0.4) is 0 Å². The number of thiazole rings is 1. The summed E-state index contributed by atoms with van der Waals surface area (Å²) in [7, 11) is 4.05. The summed E-state index contributed by atoms with van der Waals surface area (Å²) in [5.74, 6) is 0.952. The number of nitrogens with zero attached hydrogens (tertiary/aromatic N) is 3. The van der Waals surface area contributed by atoms with Crippen LogP contribution in [0.2, 0.25) is 0 Å². The number of benzene rings is 2. The first-order chi connectivity index (χ1) is 13.4. The van der Waals surface area contributed by atoms with Gasteiger partial charge in [-0.2, -0.15) is 0 Å². The lowest BCUT2D eigenvalue weighted by atomic mass is 10.1. The lowest BCUT2D eigenvalue weighted by molar-refractivity contribution is 0.0982. The molecule has 3 rings (SSSR count). The molecule has 0 bridgehead atoms. The summed E-state index contributed by atoms with van der Waals surface area (Å²) in [5, 5.41) is 0.770. The van der Waals surface area contributed by atoms with Crippen molar-refractivity contribution >= 4 is 44.4 Å². The molecule has 1 heterocycles. The van der Waals surface area contributed by atoms with Gasteiger partial charge >= 0.3 is 0 Å². The third-order valence-corrected chi connectivity index (χ3v) is 6.74. The molecule has 4 nitrogen and oxygen atoms in total. The van der Waals surface area contributed by atoms with E-state index >= 15 is 0 Å². The number of carbonyl (C=O) groups is 1. The van der Waals surface area contributed by atoms with Crippen LogP contribution in [0.4, 0.5) is 5.13 Å². The van der Waals surface area contributed by atoms with Crippen molar-refractivity contribution < 1.29 is 4.79 Å². The molecule has 1 amide bonds. The van der Waals surface area contributed by atoms with Crippen molar-refractivity contribution in [3.63, 3.8) is 0 Å². The molecule has 0 fully saturated rings. The fraction of sp³-hybridized carbons (Fsp3) is 0.364. The number of hydrogen-bond donors (Lipinski definition) is 0. The number of anilines is 1. The lowest BCUT2D eigenvalue weighted by Crippen LogP contribution is -2.37. The zero-order chi connectivity index (χ0) is 20.3. The standard InChI is InChI=1S/C22H27N3OS2/c1-6-27-18-10-8-7-9-17(18)21(26)25(14-13-24(4)5)22-23-20-16(3)15(2)11-12-19(20)28-22/h7-12H,6,13-14H2,1-5H3. The number of amides is 1. The van der Waals surface area contributed by atoms with Crippen LogP contribution >= 0.6 is 23.1 Å². The Balaban J connectivity index is 2.04.